The van der Waals surface area contributed by atoms with Gasteiger partial charge in [-0.3, -0.25) is 4.79 Å². The highest BCUT2D eigenvalue weighted by atomic mass is 127. The summed E-state index contributed by atoms with van der Waals surface area (Å²) < 4.78 is 5.65. The summed E-state index contributed by atoms with van der Waals surface area (Å²) in [7, 11) is 1.65. The number of nitrogens with one attached hydrogen (secondary N) is 1. The number of nitrogens with two attached hydrogens (primary N) is 1. The van der Waals surface area contributed by atoms with Gasteiger partial charge in [0.2, 0.25) is 0 Å². The molecule has 3 N–H and O–H groups in total. The van der Waals surface area contributed by atoms with E-state index in [2.05, 4.69) is 9.97 Å². The third-order valence-electron chi connectivity index (χ3n) is 2.28. The van der Waals surface area contributed by atoms with E-state index in [1.54, 1.807) is 7.11 Å². The van der Waals surface area contributed by atoms with Gasteiger partial charge in [-0.05, 0) is 35.6 Å². The maximum Gasteiger partial charge on any atom is 0.266 e. The van der Waals surface area contributed by atoms with Crippen LogP contribution in [0, 0.1) is 3.57 Å². The molecule has 0 atom stereocenters. The van der Waals surface area contributed by atoms with Crippen LogP contribution in [0.15, 0.2) is 11.1 Å². The monoisotopic (exact) mass is 352 g/mol. The first-order valence-electron chi connectivity index (χ1n) is 5.37. The van der Waals surface area contributed by atoms with Gasteiger partial charge in [-0.25, -0.2) is 4.98 Å². The minimum atomic E-state index is -0.120. The first kappa shape index (κ1) is 14.4. The lowest BCUT2D eigenvalue weighted by Gasteiger charge is -2.23. The van der Waals surface area contributed by atoms with Crippen molar-refractivity contribution in [2.45, 2.75) is 6.42 Å². The Morgan fingerprint density at radius 2 is 2.35 bits per heavy atom. The van der Waals surface area contributed by atoms with E-state index >= 15 is 0 Å². The van der Waals surface area contributed by atoms with Crippen molar-refractivity contribution in [3.8, 4) is 0 Å². The Morgan fingerprint density at radius 1 is 1.59 bits per heavy atom. The molecule has 17 heavy (non-hydrogen) atoms. The largest absolute Gasteiger partial charge is 0.383 e. The molecular weight excluding hydrogens is 335 g/mol. The fourth-order valence-corrected chi connectivity index (χ4v) is 2.04. The van der Waals surface area contributed by atoms with Crippen LogP contribution in [0.5, 0.6) is 0 Å². The van der Waals surface area contributed by atoms with Crippen molar-refractivity contribution in [3.05, 3.63) is 20.3 Å². The molecule has 1 heterocycles. The smallest absolute Gasteiger partial charge is 0.266 e. The average molecular weight is 352 g/mol. The van der Waals surface area contributed by atoms with Crippen molar-refractivity contribution in [2.75, 3.05) is 38.3 Å². The number of halogens is 1. The van der Waals surface area contributed by atoms with Gasteiger partial charge in [0.25, 0.3) is 5.56 Å². The molecule has 0 aliphatic carbocycles. The highest BCUT2D eigenvalue weighted by Crippen LogP contribution is 2.15. The summed E-state index contributed by atoms with van der Waals surface area (Å²) in [6.45, 7) is 2.67. The highest BCUT2D eigenvalue weighted by Gasteiger charge is 2.13. The van der Waals surface area contributed by atoms with Gasteiger partial charge in [-0.2, -0.15) is 0 Å². The molecular formula is C10H17IN4O2. The number of anilines is 1. The third-order valence-corrected chi connectivity index (χ3v) is 3.25. The summed E-state index contributed by atoms with van der Waals surface area (Å²) in [6, 6.07) is 0. The molecule has 0 aromatic carbocycles. The van der Waals surface area contributed by atoms with E-state index in [9.17, 15) is 4.79 Å². The Bertz CT molecular complexity index is 388. The summed E-state index contributed by atoms with van der Waals surface area (Å²) in [5.74, 6) is 0.694. The van der Waals surface area contributed by atoms with Crippen LogP contribution in [0.1, 0.15) is 6.42 Å². The van der Waals surface area contributed by atoms with E-state index in [0.717, 1.165) is 13.0 Å². The van der Waals surface area contributed by atoms with Gasteiger partial charge in [0.15, 0.2) is 0 Å². The maximum atomic E-state index is 11.5. The number of rotatable bonds is 7. The van der Waals surface area contributed by atoms with Gasteiger partial charge in [0.05, 0.1) is 12.9 Å². The molecule has 0 saturated heterocycles. The molecule has 1 rings (SSSR count). The molecule has 0 radical (unpaired) electrons. The average Bonchev–Trinajstić information content (AvgIpc) is 2.34. The Kier molecular flexibility index (Phi) is 6.45. The van der Waals surface area contributed by atoms with Gasteiger partial charge in [0, 0.05) is 20.2 Å². The molecule has 0 unspecified atom stereocenters. The molecule has 0 fully saturated rings. The summed E-state index contributed by atoms with van der Waals surface area (Å²) in [5, 5.41) is 0. The molecule has 7 heteroatoms. The molecule has 0 saturated carbocycles. The Balaban J connectivity index is 2.86. The molecule has 96 valence electrons. The fourth-order valence-electron chi connectivity index (χ4n) is 1.40. The topological polar surface area (TPSA) is 84.2 Å². The number of aromatic amines is 1. The zero-order valence-electron chi connectivity index (χ0n) is 9.78. The Labute approximate surface area is 114 Å². The lowest BCUT2D eigenvalue weighted by Crippen LogP contribution is -2.32. The molecule has 6 nitrogen and oxygen atoms in total. The zero-order chi connectivity index (χ0) is 12.7. The first-order chi connectivity index (χ1) is 8.20. The standard InChI is InChI=1S/C10H17IN4O2/c1-17-6-5-15(4-2-3-12)9-8(11)10(16)14-7-13-9/h7H,2-6,12H2,1H3,(H,13,14,16). The first-order valence-corrected chi connectivity index (χ1v) is 6.45. The minimum Gasteiger partial charge on any atom is -0.383 e. The van der Waals surface area contributed by atoms with E-state index in [0.29, 0.717) is 29.1 Å². The van der Waals surface area contributed by atoms with Gasteiger partial charge in [-0.1, -0.05) is 0 Å². The predicted octanol–water partition coefficient (Wildman–Crippen LogP) is 0.176. The van der Waals surface area contributed by atoms with Crippen molar-refractivity contribution >= 4 is 28.4 Å². The molecule has 1 aromatic rings. The van der Waals surface area contributed by atoms with Crippen LogP contribution in [-0.2, 0) is 4.74 Å². The van der Waals surface area contributed by atoms with Gasteiger partial charge < -0.3 is 20.4 Å². The number of hydrogen-bond donors (Lipinski definition) is 2. The van der Waals surface area contributed by atoms with E-state index in [1.807, 2.05) is 27.5 Å². The minimum absolute atomic E-state index is 0.120. The van der Waals surface area contributed by atoms with Crippen molar-refractivity contribution in [2.24, 2.45) is 5.73 Å². The maximum absolute atomic E-state index is 11.5. The number of aromatic nitrogens is 2. The van der Waals surface area contributed by atoms with Gasteiger partial charge in [0.1, 0.15) is 9.39 Å². The quantitative estimate of drug-likeness (QED) is 0.684. The lowest BCUT2D eigenvalue weighted by molar-refractivity contribution is 0.205. The summed E-state index contributed by atoms with van der Waals surface area (Å²) >= 11 is 2.00. The number of H-pyrrole nitrogens is 1. The predicted molar refractivity (Wildman–Crippen MR) is 75.3 cm³/mol. The van der Waals surface area contributed by atoms with Crippen molar-refractivity contribution < 1.29 is 4.74 Å². The summed E-state index contributed by atoms with van der Waals surface area (Å²) in [5.41, 5.74) is 5.38. The molecule has 0 aliphatic rings. The Morgan fingerprint density at radius 3 is 3.00 bits per heavy atom. The van der Waals surface area contributed by atoms with Crippen LogP contribution in [0.3, 0.4) is 0 Å². The lowest BCUT2D eigenvalue weighted by atomic mass is 10.3. The number of ether oxygens (including phenoxy) is 1. The van der Waals surface area contributed by atoms with Crippen LogP contribution < -0.4 is 16.2 Å². The SMILES string of the molecule is COCCN(CCCN)c1nc[nH]c(=O)c1I. The fraction of sp³-hybridized carbons (Fsp3) is 0.600. The zero-order valence-corrected chi connectivity index (χ0v) is 11.9. The highest BCUT2D eigenvalue weighted by molar-refractivity contribution is 14.1. The molecule has 1 aromatic heterocycles. The number of methoxy groups -OCH3 is 1. The van der Waals surface area contributed by atoms with E-state index in [4.69, 9.17) is 10.5 Å². The second-order valence-corrected chi connectivity index (χ2v) is 4.57. The van der Waals surface area contributed by atoms with Crippen LogP contribution in [0.25, 0.3) is 0 Å². The van der Waals surface area contributed by atoms with Crippen LogP contribution in [-0.4, -0.2) is 43.3 Å². The number of hydrogen-bond acceptors (Lipinski definition) is 5. The van der Waals surface area contributed by atoms with Crippen molar-refractivity contribution in [1.82, 2.24) is 9.97 Å². The summed E-state index contributed by atoms with van der Waals surface area (Å²) in [4.78, 5) is 20.3. The van der Waals surface area contributed by atoms with Crippen molar-refractivity contribution in [3.63, 3.8) is 0 Å². The van der Waals surface area contributed by atoms with Gasteiger partial charge >= 0.3 is 0 Å². The van der Waals surface area contributed by atoms with Crippen LogP contribution >= 0.6 is 22.6 Å². The molecule has 0 bridgehead atoms. The van der Waals surface area contributed by atoms with E-state index in [-0.39, 0.29) is 5.56 Å². The molecule has 0 aliphatic heterocycles. The van der Waals surface area contributed by atoms with Crippen molar-refractivity contribution in [1.29, 1.82) is 0 Å². The van der Waals surface area contributed by atoms with E-state index < -0.39 is 0 Å². The second-order valence-electron chi connectivity index (χ2n) is 3.49. The summed E-state index contributed by atoms with van der Waals surface area (Å²) in [6.07, 6.45) is 2.27. The normalized spacial score (nSPS) is 10.5. The van der Waals surface area contributed by atoms with Crippen LogP contribution in [0.4, 0.5) is 5.82 Å². The third kappa shape index (κ3) is 4.25. The molecule has 0 spiro atoms. The van der Waals surface area contributed by atoms with E-state index in [1.165, 1.54) is 6.33 Å². The van der Waals surface area contributed by atoms with Crippen LogP contribution in [0.2, 0.25) is 0 Å². The molecule has 0 amide bonds. The van der Waals surface area contributed by atoms with Gasteiger partial charge in [-0.15, -0.1) is 0 Å². The second kappa shape index (κ2) is 7.62. The number of nitrogens with zero attached hydrogens (tertiary/aromatic N) is 2. The Hall–Kier alpha value is -0.670.